The smallest absolute Gasteiger partial charge is 0.407 e. The van der Waals surface area contributed by atoms with Gasteiger partial charge in [0.1, 0.15) is 11.4 Å². The molecule has 0 heterocycles. The van der Waals surface area contributed by atoms with Crippen molar-refractivity contribution in [2.45, 2.75) is 45.1 Å². The molecule has 0 fully saturated rings. The van der Waals surface area contributed by atoms with E-state index < -0.39 is 21.7 Å². The van der Waals surface area contributed by atoms with E-state index in [1.807, 2.05) is 0 Å². The molecule has 0 saturated heterocycles. The number of hydrogen-bond donors (Lipinski definition) is 3. The van der Waals surface area contributed by atoms with Crippen LogP contribution in [0.1, 0.15) is 31.9 Å². The third-order valence-electron chi connectivity index (χ3n) is 2.80. The van der Waals surface area contributed by atoms with E-state index in [-0.39, 0.29) is 23.7 Å². The van der Waals surface area contributed by atoms with Crippen LogP contribution in [0.4, 0.5) is 4.79 Å². The molecular formula is C15H24N2O5S. The number of benzene rings is 1. The van der Waals surface area contributed by atoms with Crippen LogP contribution in [0.25, 0.3) is 0 Å². The Morgan fingerprint density at radius 3 is 2.17 bits per heavy atom. The van der Waals surface area contributed by atoms with Gasteiger partial charge in [0.25, 0.3) is 0 Å². The molecule has 0 unspecified atom stereocenters. The minimum Gasteiger partial charge on any atom is -0.508 e. The lowest BCUT2D eigenvalue weighted by molar-refractivity contribution is 0.0529. The van der Waals surface area contributed by atoms with Crippen molar-refractivity contribution >= 4 is 16.1 Å². The molecule has 1 aromatic carbocycles. The molecule has 0 saturated carbocycles. The van der Waals surface area contributed by atoms with Crippen LogP contribution in [0, 0.1) is 13.8 Å². The second kappa shape index (κ2) is 7.18. The zero-order valence-corrected chi connectivity index (χ0v) is 14.9. The maximum absolute atomic E-state index is 12.3. The van der Waals surface area contributed by atoms with E-state index >= 15 is 0 Å². The normalized spacial score (nSPS) is 12.0. The van der Waals surface area contributed by atoms with Gasteiger partial charge in [0.15, 0.2) is 0 Å². The third kappa shape index (κ3) is 6.07. The Morgan fingerprint density at radius 2 is 1.70 bits per heavy atom. The first kappa shape index (κ1) is 19.2. The van der Waals surface area contributed by atoms with Gasteiger partial charge in [0.2, 0.25) is 10.0 Å². The molecule has 8 heteroatoms. The van der Waals surface area contributed by atoms with Gasteiger partial charge in [-0.3, -0.25) is 0 Å². The topological polar surface area (TPSA) is 105 Å². The van der Waals surface area contributed by atoms with E-state index in [0.717, 1.165) is 0 Å². The molecule has 0 spiro atoms. The first-order valence-corrected chi connectivity index (χ1v) is 8.67. The van der Waals surface area contributed by atoms with Crippen LogP contribution in [-0.4, -0.2) is 38.3 Å². The fourth-order valence-corrected chi connectivity index (χ4v) is 3.57. The van der Waals surface area contributed by atoms with Crippen LogP contribution >= 0.6 is 0 Å². The van der Waals surface area contributed by atoms with Crippen molar-refractivity contribution in [3.05, 3.63) is 23.3 Å². The van der Waals surface area contributed by atoms with E-state index in [4.69, 9.17) is 4.74 Å². The van der Waals surface area contributed by atoms with E-state index in [1.165, 1.54) is 12.1 Å². The highest BCUT2D eigenvalue weighted by Gasteiger charge is 2.20. The Hall–Kier alpha value is -1.80. The van der Waals surface area contributed by atoms with Crippen molar-refractivity contribution < 1.29 is 23.1 Å². The summed E-state index contributed by atoms with van der Waals surface area (Å²) in [6, 6.07) is 2.78. The van der Waals surface area contributed by atoms with E-state index in [0.29, 0.717) is 11.1 Å². The standard InChI is InChI=1S/C15H24N2O5S/c1-10-8-12(18)9-11(2)13(10)23(20,21)17-7-6-16-14(19)22-15(3,4)5/h8-9,17-18H,6-7H2,1-5H3,(H,16,19). The Bertz CT molecular complexity index is 655. The van der Waals surface area contributed by atoms with Crippen LogP contribution in [0.3, 0.4) is 0 Å². The molecule has 130 valence electrons. The summed E-state index contributed by atoms with van der Waals surface area (Å²) in [5.74, 6) is 0.0190. The van der Waals surface area contributed by atoms with E-state index in [1.54, 1.807) is 34.6 Å². The van der Waals surface area contributed by atoms with E-state index in [9.17, 15) is 18.3 Å². The van der Waals surface area contributed by atoms with Gasteiger partial charge in [-0.1, -0.05) is 0 Å². The monoisotopic (exact) mass is 344 g/mol. The maximum Gasteiger partial charge on any atom is 0.407 e. The Labute approximate surface area is 137 Å². The number of carbonyl (C=O) groups is 1. The predicted octanol–water partition coefficient (Wildman–Crippen LogP) is 1.81. The summed E-state index contributed by atoms with van der Waals surface area (Å²) >= 11 is 0. The number of phenols is 1. The lowest BCUT2D eigenvalue weighted by Crippen LogP contribution is -2.38. The first-order chi connectivity index (χ1) is 10.4. The minimum absolute atomic E-state index is 0.0190. The van der Waals surface area contributed by atoms with E-state index in [2.05, 4.69) is 10.0 Å². The molecule has 0 radical (unpaired) electrons. The molecule has 1 amide bonds. The molecule has 3 N–H and O–H groups in total. The van der Waals surface area contributed by atoms with Gasteiger partial charge in [0, 0.05) is 13.1 Å². The van der Waals surface area contributed by atoms with Gasteiger partial charge in [-0.2, -0.15) is 0 Å². The van der Waals surface area contributed by atoms with Crippen molar-refractivity contribution in [3.8, 4) is 5.75 Å². The zero-order valence-electron chi connectivity index (χ0n) is 14.1. The summed E-state index contributed by atoms with van der Waals surface area (Å²) in [7, 11) is -3.72. The second-order valence-electron chi connectivity index (χ2n) is 6.24. The van der Waals surface area contributed by atoms with Gasteiger partial charge >= 0.3 is 6.09 Å². The molecular weight excluding hydrogens is 320 g/mol. The maximum atomic E-state index is 12.3. The fraction of sp³-hybridized carbons (Fsp3) is 0.533. The molecule has 1 aromatic rings. The molecule has 0 bridgehead atoms. The number of carbonyl (C=O) groups excluding carboxylic acids is 1. The molecule has 0 aliphatic rings. The van der Waals surface area contributed by atoms with Crippen molar-refractivity contribution in [3.63, 3.8) is 0 Å². The summed E-state index contributed by atoms with van der Waals surface area (Å²) in [6.07, 6.45) is -0.603. The fourth-order valence-electron chi connectivity index (χ4n) is 2.09. The zero-order chi connectivity index (χ0) is 17.8. The van der Waals surface area contributed by atoms with Gasteiger partial charge in [-0.05, 0) is 57.9 Å². The molecule has 0 aliphatic heterocycles. The molecule has 1 rings (SSSR count). The third-order valence-corrected chi connectivity index (χ3v) is 4.56. The molecule has 23 heavy (non-hydrogen) atoms. The van der Waals surface area contributed by atoms with Crippen LogP contribution < -0.4 is 10.0 Å². The average Bonchev–Trinajstić information content (AvgIpc) is 2.30. The Kier molecular flexibility index (Phi) is 6.01. The van der Waals surface area contributed by atoms with Crippen molar-refractivity contribution in [1.82, 2.24) is 10.0 Å². The summed E-state index contributed by atoms with van der Waals surface area (Å²) in [4.78, 5) is 11.6. The Morgan fingerprint density at radius 1 is 1.17 bits per heavy atom. The minimum atomic E-state index is -3.72. The number of amides is 1. The number of nitrogens with one attached hydrogen (secondary N) is 2. The molecule has 7 nitrogen and oxygen atoms in total. The SMILES string of the molecule is Cc1cc(O)cc(C)c1S(=O)(=O)NCCNC(=O)OC(C)(C)C. The number of sulfonamides is 1. The van der Waals surface area contributed by atoms with Gasteiger partial charge < -0.3 is 15.2 Å². The number of aromatic hydroxyl groups is 1. The molecule has 0 aromatic heterocycles. The Balaban J connectivity index is 2.63. The largest absolute Gasteiger partial charge is 0.508 e. The van der Waals surface area contributed by atoms with Crippen molar-refractivity contribution in [2.75, 3.05) is 13.1 Å². The number of hydrogen-bond acceptors (Lipinski definition) is 5. The highest BCUT2D eigenvalue weighted by Crippen LogP contribution is 2.24. The average molecular weight is 344 g/mol. The van der Waals surface area contributed by atoms with Gasteiger partial charge in [-0.25, -0.2) is 17.9 Å². The molecule has 0 atom stereocenters. The number of phenolic OH excluding ortho intramolecular Hbond substituents is 1. The predicted molar refractivity (Wildman–Crippen MR) is 87.0 cm³/mol. The lowest BCUT2D eigenvalue weighted by atomic mass is 10.1. The van der Waals surface area contributed by atoms with Crippen molar-refractivity contribution in [2.24, 2.45) is 0 Å². The summed E-state index contributed by atoms with van der Waals surface area (Å²) in [5, 5.41) is 11.9. The highest BCUT2D eigenvalue weighted by molar-refractivity contribution is 7.89. The quantitative estimate of drug-likeness (QED) is 0.707. The number of aryl methyl sites for hydroxylation is 2. The van der Waals surface area contributed by atoms with Gasteiger partial charge in [0.05, 0.1) is 4.90 Å². The highest BCUT2D eigenvalue weighted by atomic mass is 32.2. The lowest BCUT2D eigenvalue weighted by Gasteiger charge is -2.19. The summed E-state index contributed by atoms with van der Waals surface area (Å²) < 4.78 is 32.1. The van der Waals surface area contributed by atoms with Crippen LogP contribution in [0.5, 0.6) is 5.75 Å². The number of alkyl carbamates (subject to hydrolysis) is 1. The van der Waals surface area contributed by atoms with Gasteiger partial charge in [-0.15, -0.1) is 0 Å². The molecule has 0 aliphatic carbocycles. The van der Waals surface area contributed by atoms with Crippen molar-refractivity contribution in [1.29, 1.82) is 0 Å². The number of ether oxygens (including phenoxy) is 1. The second-order valence-corrected chi connectivity index (χ2v) is 7.94. The van der Waals surface area contributed by atoms with Crippen LogP contribution in [-0.2, 0) is 14.8 Å². The summed E-state index contributed by atoms with van der Waals surface area (Å²) in [5.41, 5.74) is 0.300. The van der Waals surface area contributed by atoms with Crippen LogP contribution in [0.15, 0.2) is 17.0 Å². The summed E-state index contributed by atoms with van der Waals surface area (Å²) in [6.45, 7) is 8.58. The van der Waals surface area contributed by atoms with Crippen LogP contribution in [0.2, 0.25) is 0 Å². The number of rotatable bonds is 5. The first-order valence-electron chi connectivity index (χ1n) is 7.19.